The maximum absolute atomic E-state index is 12.6. The molecule has 2 amide bonds. The molecule has 2 aromatic rings. The molecule has 0 aromatic heterocycles. The smallest absolute Gasteiger partial charge is 0.246 e. The number of nitrogens with one attached hydrogen (secondary N) is 1. The van der Waals surface area contributed by atoms with Gasteiger partial charge in [-0.25, -0.2) is 0 Å². The second kappa shape index (κ2) is 7.54. The molecule has 0 aliphatic carbocycles. The van der Waals surface area contributed by atoms with Crippen LogP contribution in [0.3, 0.4) is 0 Å². The van der Waals surface area contributed by atoms with Crippen LogP contribution in [0.15, 0.2) is 54.6 Å². The Morgan fingerprint density at radius 2 is 1.73 bits per heavy atom. The van der Waals surface area contributed by atoms with E-state index in [2.05, 4.69) is 29.6 Å². The third-order valence-corrected chi connectivity index (χ3v) is 6.03. The average molecular weight is 369 g/mol. The normalized spacial score (nSPS) is 18.9. The molecule has 1 atom stereocenters. The lowest BCUT2D eigenvalue weighted by Crippen LogP contribution is -2.57. The minimum absolute atomic E-state index is 0.0477. The van der Waals surface area contributed by atoms with Crippen LogP contribution >= 0.6 is 11.8 Å². The van der Waals surface area contributed by atoms with E-state index in [1.807, 2.05) is 44.2 Å². The molecule has 136 valence electrons. The van der Waals surface area contributed by atoms with Crippen molar-refractivity contribution >= 4 is 23.6 Å². The largest absolute Gasteiger partial charge is 0.342 e. The van der Waals surface area contributed by atoms with Gasteiger partial charge in [-0.3, -0.25) is 9.59 Å². The van der Waals surface area contributed by atoms with Gasteiger partial charge in [0.15, 0.2) is 0 Å². The molecule has 1 fully saturated rings. The minimum Gasteiger partial charge on any atom is -0.342 e. The Hall–Kier alpha value is -2.27. The lowest BCUT2D eigenvalue weighted by molar-refractivity contribution is -0.136. The Labute approximate surface area is 159 Å². The molecule has 1 N–H and O–H groups in total. The fraction of sp³-hybridized carbons (Fsp3) is 0.333. The van der Waals surface area contributed by atoms with Gasteiger partial charge in [-0.2, -0.15) is 0 Å². The zero-order chi connectivity index (χ0) is 18.7. The van der Waals surface area contributed by atoms with Crippen molar-refractivity contribution in [2.75, 3.05) is 12.8 Å². The number of carbonyl (C=O) groups is 2. The van der Waals surface area contributed by atoms with Crippen LogP contribution in [-0.4, -0.2) is 40.3 Å². The van der Waals surface area contributed by atoms with Crippen LogP contribution in [0.2, 0.25) is 0 Å². The van der Waals surface area contributed by atoms with Gasteiger partial charge in [-0.15, -0.1) is 11.8 Å². The van der Waals surface area contributed by atoms with Crippen LogP contribution in [0.4, 0.5) is 0 Å². The summed E-state index contributed by atoms with van der Waals surface area (Å²) in [6.07, 6.45) is 0. The Bertz CT molecular complexity index is 787. The first kappa shape index (κ1) is 18.5. The first-order valence-electron chi connectivity index (χ1n) is 8.71. The Morgan fingerprint density at radius 3 is 2.35 bits per heavy atom. The maximum atomic E-state index is 12.6. The molecule has 3 rings (SSSR count). The van der Waals surface area contributed by atoms with E-state index in [1.165, 1.54) is 17.3 Å². The predicted octanol–water partition coefficient (Wildman–Crippen LogP) is 3.32. The Balaban J connectivity index is 1.62. The average Bonchev–Trinajstić information content (AvgIpc) is 2.65. The lowest BCUT2D eigenvalue weighted by Gasteiger charge is -2.34. The van der Waals surface area contributed by atoms with Crippen LogP contribution in [-0.2, 0) is 16.1 Å². The standard InChI is InChI=1S/C21H24N2O2S/c1-21(2)20(25)22-18(14-26-21)19(24)23(3)13-15-9-11-17(12-10-15)16-7-5-4-6-8-16/h4-12,18H,13-14H2,1-3H3,(H,22,25)/t18-/m1/s1. The molecule has 0 radical (unpaired) electrons. The second-order valence-corrected chi connectivity index (χ2v) is 8.75. The van der Waals surface area contributed by atoms with Crippen molar-refractivity contribution in [3.8, 4) is 11.1 Å². The number of nitrogens with zero attached hydrogens (tertiary/aromatic N) is 1. The number of rotatable bonds is 4. The first-order chi connectivity index (χ1) is 12.4. The van der Waals surface area contributed by atoms with Gasteiger partial charge < -0.3 is 10.2 Å². The number of hydrogen-bond donors (Lipinski definition) is 1. The maximum Gasteiger partial charge on any atom is 0.246 e. The molecular weight excluding hydrogens is 344 g/mol. The van der Waals surface area contributed by atoms with E-state index in [9.17, 15) is 9.59 Å². The van der Waals surface area contributed by atoms with Gasteiger partial charge in [0.1, 0.15) is 6.04 Å². The topological polar surface area (TPSA) is 49.4 Å². The van der Waals surface area contributed by atoms with E-state index >= 15 is 0 Å². The summed E-state index contributed by atoms with van der Waals surface area (Å²) in [7, 11) is 1.78. The number of thioether (sulfide) groups is 1. The van der Waals surface area contributed by atoms with E-state index in [0.717, 1.165) is 11.1 Å². The van der Waals surface area contributed by atoms with Crippen molar-refractivity contribution in [3.63, 3.8) is 0 Å². The fourth-order valence-electron chi connectivity index (χ4n) is 2.91. The molecular formula is C21H24N2O2S. The molecule has 1 aliphatic heterocycles. The summed E-state index contributed by atoms with van der Waals surface area (Å²) in [5, 5.41) is 2.85. The summed E-state index contributed by atoms with van der Waals surface area (Å²) < 4.78 is -0.470. The molecule has 1 heterocycles. The summed E-state index contributed by atoms with van der Waals surface area (Å²) in [5.41, 5.74) is 3.39. The molecule has 1 aliphatic rings. The number of benzene rings is 2. The zero-order valence-corrected chi connectivity index (χ0v) is 16.2. The summed E-state index contributed by atoms with van der Waals surface area (Å²) >= 11 is 1.53. The van der Waals surface area contributed by atoms with Gasteiger partial charge >= 0.3 is 0 Å². The predicted molar refractivity (Wildman–Crippen MR) is 107 cm³/mol. The number of carbonyl (C=O) groups excluding carboxylic acids is 2. The number of amides is 2. The molecule has 0 unspecified atom stereocenters. The highest BCUT2D eigenvalue weighted by molar-refractivity contribution is 8.01. The highest BCUT2D eigenvalue weighted by Crippen LogP contribution is 2.29. The van der Waals surface area contributed by atoms with Gasteiger partial charge in [0.2, 0.25) is 11.8 Å². The highest BCUT2D eigenvalue weighted by atomic mass is 32.2. The molecule has 4 nitrogen and oxygen atoms in total. The highest BCUT2D eigenvalue weighted by Gasteiger charge is 2.38. The zero-order valence-electron chi connectivity index (χ0n) is 15.4. The summed E-state index contributed by atoms with van der Waals surface area (Å²) in [4.78, 5) is 26.4. The van der Waals surface area contributed by atoms with Crippen LogP contribution in [0.25, 0.3) is 11.1 Å². The number of hydrogen-bond acceptors (Lipinski definition) is 3. The van der Waals surface area contributed by atoms with Gasteiger partial charge in [-0.05, 0) is 30.5 Å². The van der Waals surface area contributed by atoms with Crippen molar-refractivity contribution in [3.05, 3.63) is 60.2 Å². The molecule has 0 saturated carbocycles. The molecule has 5 heteroatoms. The second-order valence-electron chi connectivity index (χ2n) is 7.10. The first-order valence-corrected chi connectivity index (χ1v) is 9.69. The quantitative estimate of drug-likeness (QED) is 0.901. The summed E-state index contributed by atoms with van der Waals surface area (Å²) in [6, 6.07) is 18.0. The van der Waals surface area contributed by atoms with Gasteiger partial charge in [0, 0.05) is 19.3 Å². The minimum atomic E-state index is -0.470. The van der Waals surface area contributed by atoms with Crippen LogP contribution in [0.5, 0.6) is 0 Å². The van der Waals surface area contributed by atoms with Crippen LogP contribution in [0.1, 0.15) is 19.4 Å². The van der Waals surface area contributed by atoms with Gasteiger partial charge in [-0.1, -0.05) is 54.6 Å². The molecule has 26 heavy (non-hydrogen) atoms. The van der Waals surface area contributed by atoms with Crippen molar-refractivity contribution in [2.45, 2.75) is 31.2 Å². The Morgan fingerprint density at radius 1 is 1.12 bits per heavy atom. The van der Waals surface area contributed by atoms with Crippen molar-refractivity contribution in [1.29, 1.82) is 0 Å². The monoisotopic (exact) mass is 368 g/mol. The molecule has 0 spiro atoms. The Kier molecular flexibility index (Phi) is 5.37. The van der Waals surface area contributed by atoms with E-state index in [-0.39, 0.29) is 11.8 Å². The van der Waals surface area contributed by atoms with Crippen LogP contribution < -0.4 is 5.32 Å². The van der Waals surface area contributed by atoms with Crippen molar-refractivity contribution in [1.82, 2.24) is 10.2 Å². The van der Waals surface area contributed by atoms with Crippen molar-refractivity contribution in [2.24, 2.45) is 0 Å². The van der Waals surface area contributed by atoms with E-state index in [4.69, 9.17) is 0 Å². The fourth-order valence-corrected chi connectivity index (χ4v) is 3.91. The molecule has 0 bridgehead atoms. The summed E-state index contributed by atoms with van der Waals surface area (Å²) in [6.45, 7) is 4.28. The van der Waals surface area contributed by atoms with Crippen molar-refractivity contribution < 1.29 is 9.59 Å². The van der Waals surface area contributed by atoms with E-state index in [0.29, 0.717) is 12.3 Å². The van der Waals surface area contributed by atoms with Crippen LogP contribution in [0, 0.1) is 0 Å². The third-order valence-electron chi connectivity index (χ3n) is 4.62. The van der Waals surface area contributed by atoms with Gasteiger partial charge in [0.25, 0.3) is 0 Å². The third kappa shape index (κ3) is 4.10. The van der Waals surface area contributed by atoms with Gasteiger partial charge in [0.05, 0.1) is 4.75 Å². The molecule has 1 saturated heterocycles. The summed E-state index contributed by atoms with van der Waals surface area (Å²) in [5.74, 6) is 0.482. The van der Waals surface area contributed by atoms with E-state index < -0.39 is 10.8 Å². The van der Waals surface area contributed by atoms with E-state index in [1.54, 1.807) is 11.9 Å². The SMILES string of the molecule is CN(Cc1ccc(-c2ccccc2)cc1)C(=O)[C@H]1CSC(C)(C)C(=O)N1. The number of likely N-dealkylation sites (N-methyl/N-ethyl adjacent to an activating group) is 1. The lowest BCUT2D eigenvalue weighted by atomic mass is 10.0. The molecule has 2 aromatic carbocycles.